The zero-order chi connectivity index (χ0) is 18.1. The lowest BCUT2D eigenvalue weighted by Gasteiger charge is -2.35. The molecule has 24 heavy (non-hydrogen) atoms. The highest BCUT2D eigenvalue weighted by Crippen LogP contribution is 2.26. The fourth-order valence-corrected chi connectivity index (χ4v) is 4.20. The molecule has 0 bridgehead atoms. The number of nitrogens with two attached hydrogens (primary N) is 1. The first kappa shape index (κ1) is 19.0. The summed E-state index contributed by atoms with van der Waals surface area (Å²) in [5.41, 5.74) is 5.22. The van der Waals surface area contributed by atoms with Gasteiger partial charge in [-0.05, 0) is 39.0 Å². The Labute approximate surface area is 147 Å². The normalized spacial score (nSPS) is 19.9. The van der Waals surface area contributed by atoms with Gasteiger partial charge in [0.25, 0.3) is 0 Å². The number of nitrogens with zero attached hydrogens (tertiary/aromatic N) is 1. The van der Waals surface area contributed by atoms with Crippen molar-refractivity contribution < 1.29 is 17.9 Å². The molecule has 0 saturated carbocycles. The fraction of sp³-hybridized carbons (Fsp3) is 0.533. The molecule has 1 aliphatic heterocycles. The van der Waals surface area contributed by atoms with E-state index in [1.165, 1.54) is 18.2 Å². The van der Waals surface area contributed by atoms with Crippen LogP contribution in [0.2, 0.25) is 5.02 Å². The Kier molecular flexibility index (Phi) is 5.44. The molecule has 1 atom stereocenters. The predicted molar refractivity (Wildman–Crippen MR) is 92.3 cm³/mol. The van der Waals surface area contributed by atoms with E-state index >= 15 is 0 Å². The molecule has 3 N–H and O–H groups in total. The van der Waals surface area contributed by atoms with Crippen molar-refractivity contribution in [2.75, 3.05) is 25.4 Å². The maximum Gasteiger partial charge on any atom is 0.326 e. The SMILES string of the molecule is CC(C)(C)OC(=O)C1CNCCN1S(=O)(=O)c1ccc(N)c(Cl)c1. The van der Waals surface area contributed by atoms with Gasteiger partial charge in [0.1, 0.15) is 11.6 Å². The van der Waals surface area contributed by atoms with Crippen molar-refractivity contribution in [2.24, 2.45) is 0 Å². The molecule has 1 aromatic rings. The largest absolute Gasteiger partial charge is 0.459 e. The number of nitrogen functional groups attached to an aromatic ring is 1. The van der Waals surface area contributed by atoms with Crippen molar-refractivity contribution >= 4 is 33.3 Å². The summed E-state index contributed by atoms with van der Waals surface area (Å²) >= 11 is 5.93. The smallest absolute Gasteiger partial charge is 0.326 e. The van der Waals surface area contributed by atoms with E-state index in [4.69, 9.17) is 22.1 Å². The van der Waals surface area contributed by atoms with Gasteiger partial charge in [0.05, 0.1) is 15.6 Å². The predicted octanol–water partition coefficient (Wildman–Crippen LogP) is 1.23. The third-order valence-corrected chi connectivity index (χ3v) is 5.68. The molecule has 1 unspecified atom stereocenters. The lowest BCUT2D eigenvalue weighted by Crippen LogP contribution is -2.57. The van der Waals surface area contributed by atoms with Gasteiger partial charge < -0.3 is 15.8 Å². The minimum absolute atomic E-state index is 0.00263. The van der Waals surface area contributed by atoms with Crippen LogP contribution in [0.4, 0.5) is 5.69 Å². The second-order valence-corrected chi connectivity index (χ2v) is 8.85. The van der Waals surface area contributed by atoms with Crippen LogP contribution in [0.25, 0.3) is 0 Å². The van der Waals surface area contributed by atoms with Crippen LogP contribution in [0.15, 0.2) is 23.1 Å². The lowest BCUT2D eigenvalue weighted by molar-refractivity contribution is -0.160. The van der Waals surface area contributed by atoms with E-state index in [9.17, 15) is 13.2 Å². The van der Waals surface area contributed by atoms with E-state index in [0.717, 1.165) is 4.31 Å². The van der Waals surface area contributed by atoms with Crippen LogP contribution in [0.1, 0.15) is 20.8 Å². The monoisotopic (exact) mass is 375 g/mol. The van der Waals surface area contributed by atoms with Crippen LogP contribution in [0.5, 0.6) is 0 Å². The van der Waals surface area contributed by atoms with Crippen LogP contribution in [-0.4, -0.2) is 50.0 Å². The van der Waals surface area contributed by atoms with Crippen LogP contribution in [0, 0.1) is 0 Å². The summed E-state index contributed by atoms with van der Waals surface area (Å²) in [5.74, 6) is -0.584. The molecule has 0 aromatic heterocycles. The van der Waals surface area contributed by atoms with Crippen LogP contribution in [0.3, 0.4) is 0 Å². The number of esters is 1. The van der Waals surface area contributed by atoms with Gasteiger partial charge >= 0.3 is 5.97 Å². The number of rotatable bonds is 3. The fourth-order valence-electron chi connectivity index (χ4n) is 2.35. The first-order valence-corrected chi connectivity index (χ1v) is 9.34. The molecule has 2 rings (SSSR count). The minimum Gasteiger partial charge on any atom is -0.459 e. The first-order valence-electron chi connectivity index (χ1n) is 7.53. The van der Waals surface area contributed by atoms with Crippen molar-refractivity contribution in [2.45, 2.75) is 37.3 Å². The summed E-state index contributed by atoms with van der Waals surface area (Å²) in [6.07, 6.45) is 0. The third kappa shape index (κ3) is 4.18. The van der Waals surface area contributed by atoms with E-state index < -0.39 is 27.6 Å². The summed E-state index contributed by atoms with van der Waals surface area (Å²) in [5, 5.41) is 3.18. The van der Waals surface area contributed by atoms with E-state index in [1.54, 1.807) is 20.8 Å². The molecule has 0 radical (unpaired) electrons. The first-order chi connectivity index (χ1) is 11.0. The molecule has 0 amide bonds. The standard InChI is InChI=1S/C15H22ClN3O4S/c1-15(2,3)23-14(20)13-9-18-6-7-19(13)24(21,22)10-4-5-12(17)11(16)8-10/h4-5,8,13,18H,6-7,9,17H2,1-3H3. The summed E-state index contributed by atoms with van der Waals surface area (Å²) in [4.78, 5) is 12.4. The molecule has 1 aromatic carbocycles. The zero-order valence-corrected chi connectivity index (χ0v) is 15.4. The molecule has 1 saturated heterocycles. The number of anilines is 1. The van der Waals surface area contributed by atoms with Crippen molar-refractivity contribution in [1.82, 2.24) is 9.62 Å². The van der Waals surface area contributed by atoms with Crippen LogP contribution < -0.4 is 11.1 Å². The molecule has 0 aliphatic carbocycles. The van der Waals surface area contributed by atoms with E-state index in [-0.39, 0.29) is 23.0 Å². The number of hydrogen-bond acceptors (Lipinski definition) is 6. The van der Waals surface area contributed by atoms with Gasteiger partial charge in [-0.15, -0.1) is 0 Å². The van der Waals surface area contributed by atoms with Gasteiger partial charge in [-0.1, -0.05) is 11.6 Å². The Morgan fingerprint density at radius 1 is 1.42 bits per heavy atom. The summed E-state index contributed by atoms with van der Waals surface area (Å²) in [7, 11) is -3.90. The minimum atomic E-state index is -3.90. The molecular weight excluding hydrogens is 354 g/mol. The van der Waals surface area contributed by atoms with Crippen LogP contribution in [-0.2, 0) is 19.6 Å². The molecule has 1 aliphatic rings. The van der Waals surface area contributed by atoms with Gasteiger partial charge in [0.15, 0.2) is 0 Å². The highest BCUT2D eigenvalue weighted by molar-refractivity contribution is 7.89. The Morgan fingerprint density at radius 3 is 2.67 bits per heavy atom. The second-order valence-electron chi connectivity index (χ2n) is 6.55. The molecule has 9 heteroatoms. The molecule has 7 nitrogen and oxygen atoms in total. The van der Waals surface area contributed by atoms with Gasteiger partial charge in [0.2, 0.25) is 10.0 Å². The number of nitrogens with one attached hydrogen (secondary N) is 1. The Morgan fingerprint density at radius 2 is 2.08 bits per heavy atom. The molecule has 134 valence electrons. The average molecular weight is 376 g/mol. The average Bonchev–Trinajstić information content (AvgIpc) is 2.48. The number of carbonyl (C=O) groups is 1. The Bertz CT molecular complexity index is 731. The zero-order valence-electron chi connectivity index (χ0n) is 13.9. The number of ether oxygens (including phenoxy) is 1. The quantitative estimate of drug-likeness (QED) is 0.608. The van der Waals surface area contributed by atoms with E-state index in [0.29, 0.717) is 12.2 Å². The van der Waals surface area contributed by atoms with Crippen LogP contribution >= 0.6 is 11.6 Å². The number of carbonyl (C=O) groups excluding carboxylic acids is 1. The van der Waals surface area contributed by atoms with E-state index in [2.05, 4.69) is 5.32 Å². The lowest BCUT2D eigenvalue weighted by atomic mass is 10.2. The van der Waals surface area contributed by atoms with Gasteiger partial charge in [-0.2, -0.15) is 4.31 Å². The van der Waals surface area contributed by atoms with Crippen molar-refractivity contribution in [3.05, 3.63) is 23.2 Å². The summed E-state index contributed by atoms with van der Waals surface area (Å²) in [6, 6.07) is 3.17. The highest BCUT2D eigenvalue weighted by Gasteiger charge is 2.39. The number of sulfonamides is 1. The number of halogens is 1. The van der Waals surface area contributed by atoms with Gasteiger partial charge in [-0.25, -0.2) is 8.42 Å². The maximum absolute atomic E-state index is 12.9. The third-order valence-electron chi connectivity index (χ3n) is 3.45. The molecule has 1 fully saturated rings. The van der Waals surface area contributed by atoms with Crippen molar-refractivity contribution in [1.29, 1.82) is 0 Å². The van der Waals surface area contributed by atoms with E-state index in [1.807, 2.05) is 0 Å². The van der Waals surface area contributed by atoms with Gasteiger partial charge in [0, 0.05) is 19.6 Å². The maximum atomic E-state index is 12.9. The Hall–Kier alpha value is -1.35. The topological polar surface area (TPSA) is 102 Å². The highest BCUT2D eigenvalue weighted by atomic mass is 35.5. The summed E-state index contributed by atoms with van der Waals surface area (Å²) < 4.78 is 32.3. The molecular formula is C15H22ClN3O4S. The summed E-state index contributed by atoms with van der Waals surface area (Å²) in [6.45, 7) is 6.01. The number of piperazine rings is 1. The van der Waals surface area contributed by atoms with Crippen molar-refractivity contribution in [3.8, 4) is 0 Å². The molecule has 0 spiro atoms. The molecule has 1 heterocycles. The van der Waals surface area contributed by atoms with Gasteiger partial charge in [-0.3, -0.25) is 4.79 Å². The number of hydrogen-bond donors (Lipinski definition) is 2. The Balaban J connectivity index is 2.34. The van der Waals surface area contributed by atoms with Crippen molar-refractivity contribution in [3.63, 3.8) is 0 Å². The second kappa shape index (κ2) is 6.87. The number of benzene rings is 1.